The van der Waals surface area contributed by atoms with Crippen LogP contribution in [0.25, 0.3) is 0 Å². The van der Waals surface area contributed by atoms with Gasteiger partial charge < -0.3 is 15.2 Å². The lowest BCUT2D eigenvalue weighted by Crippen LogP contribution is -2.25. The molecule has 0 saturated heterocycles. The predicted molar refractivity (Wildman–Crippen MR) is 81.4 cm³/mol. The topological polar surface area (TPSA) is 44.5 Å². The van der Waals surface area contributed by atoms with Gasteiger partial charge in [-0.15, -0.1) is 0 Å². The molecule has 0 spiro atoms. The van der Waals surface area contributed by atoms with Gasteiger partial charge in [0.2, 0.25) is 0 Å². The lowest BCUT2D eigenvalue weighted by Gasteiger charge is -2.12. The van der Waals surface area contributed by atoms with E-state index >= 15 is 0 Å². The molecule has 20 heavy (non-hydrogen) atoms. The van der Waals surface area contributed by atoms with Crippen molar-refractivity contribution >= 4 is 0 Å². The zero-order chi connectivity index (χ0) is 15.1. The molecule has 0 fully saturated rings. The highest BCUT2D eigenvalue weighted by Gasteiger charge is 2.06. The van der Waals surface area contributed by atoms with Crippen LogP contribution in [0, 0.1) is 0 Å². The maximum Gasteiger partial charge on any atom is 0.119 e. The van der Waals surface area contributed by atoms with E-state index in [1.807, 2.05) is 48.5 Å². The van der Waals surface area contributed by atoms with E-state index in [0.29, 0.717) is 0 Å². The summed E-state index contributed by atoms with van der Waals surface area (Å²) >= 11 is 0. The van der Waals surface area contributed by atoms with Crippen molar-refractivity contribution in [3.63, 3.8) is 0 Å². The van der Waals surface area contributed by atoms with E-state index in [1.165, 1.54) is 11.1 Å². The molecule has 0 heterocycles. The summed E-state index contributed by atoms with van der Waals surface area (Å²) in [5.74, 6) is 1.70. The number of hydrogen-bond donors (Lipinski definition) is 1. The molecular formula is C17H21NO2. The average molecular weight is 272 g/mol. The molecular weight excluding hydrogens is 250 g/mol. The molecule has 0 unspecified atom stereocenters. The molecule has 0 aliphatic carbocycles. The fourth-order valence-corrected chi connectivity index (χ4v) is 2.16. The second-order valence-electron chi connectivity index (χ2n) is 4.80. The van der Waals surface area contributed by atoms with Crippen LogP contribution in [0.3, 0.4) is 0 Å². The second kappa shape index (κ2) is 6.96. The van der Waals surface area contributed by atoms with Gasteiger partial charge in [-0.1, -0.05) is 24.3 Å². The Hall–Kier alpha value is -2.00. The summed E-state index contributed by atoms with van der Waals surface area (Å²) < 4.78 is 17.8. The third kappa shape index (κ3) is 4.00. The van der Waals surface area contributed by atoms with Gasteiger partial charge in [-0.25, -0.2) is 0 Å². The zero-order valence-electron chi connectivity index (χ0n) is 12.9. The van der Waals surface area contributed by atoms with Crippen LogP contribution < -0.4 is 15.2 Å². The fraction of sp³-hybridized carbons (Fsp3) is 0.294. The molecule has 106 valence electrons. The number of methoxy groups -OCH3 is 2. The Morgan fingerprint density at radius 1 is 0.850 bits per heavy atom. The Balaban J connectivity index is 1.98. The fourth-order valence-electron chi connectivity index (χ4n) is 2.16. The molecule has 0 amide bonds. The average Bonchev–Trinajstić information content (AvgIpc) is 2.55. The summed E-state index contributed by atoms with van der Waals surface area (Å²) in [7, 11) is 3.32. The van der Waals surface area contributed by atoms with E-state index in [2.05, 4.69) is 5.73 Å². The van der Waals surface area contributed by atoms with Crippen LogP contribution in [-0.2, 0) is 12.8 Å². The Morgan fingerprint density at radius 3 is 1.55 bits per heavy atom. The summed E-state index contributed by atoms with van der Waals surface area (Å²) in [6, 6.07) is 16.0. The summed E-state index contributed by atoms with van der Waals surface area (Å²) in [6.45, 7) is 0. The van der Waals surface area contributed by atoms with Crippen molar-refractivity contribution in [3.8, 4) is 11.5 Å². The third-order valence-corrected chi connectivity index (χ3v) is 3.28. The summed E-state index contributed by atoms with van der Waals surface area (Å²) in [6.07, 6.45) is 1.61. The summed E-state index contributed by atoms with van der Waals surface area (Å²) in [4.78, 5) is 0. The molecule has 3 nitrogen and oxygen atoms in total. The minimum atomic E-state index is 0.0757. The summed E-state index contributed by atoms with van der Waals surface area (Å²) in [5, 5.41) is 0. The van der Waals surface area contributed by atoms with Gasteiger partial charge in [-0.3, -0.25) is 0 Å². The van der Waals surface area contributed by atoms with Crippen LogP contribution in [0.4, 0.5) is 0 Å². The molecule has 0 radical (unpaired) electrons. The van der Waals surface area contributed by atoms with Gasteiger partial charge in [-0.05, 0) is 48.2 Å². The van der Waals surface area contributed by atoms with Crippen molar-refractivity contribution in [1.29, 1.82) is 0 Å². The van der Waals surface area contributed by atoms with Crippen molar-refractivity contribution in [2.75, 3.05) is 14.2 Å². The molecule has 0 bridgehead atoms. The first-order valence-corrected chi connectivity index (χ1v) is 6.68. The van der Waals surface area contributed by atoms with Gasteiger partial charge >= 0.3 is 0 Å². The van der Waals surface area contributed by atoms with Gasteiger partial charge in [-0.2, -0.15) is 0 Å². The van der Waals surface area contributed by atoms with E-state index in [9.17, 15) is 0 Å². The maximum absolute atomic E-state index is 7.52. The molecule has 2 N–H and O–H groups in total. The first-order valence-electron chi connectivity index (χ1n) is 7.18. The van der Waals surface area contributed by atoms with Gasteiger partial charge in [0.15, 0.2) is 0 Å². The van der Waals surface area contributed by atoms with Crippen molar-refractivity contribution in [2.45, 2.75) is 18.9 Å². The first-order chi connectivity index (χ1) is 10.2. The van der Waals surface area contributed by atoms with Crippen molar-refractivity contribution in [1.82, 2.24) is 0 Å². The molecule has 2 aromatic rings. The normalized spacial score (nSPS) is 11.2. The van der Waals surface area contributed by atoms with Crippen molar-refractivity contribution in [2.24, 2.45) is 5.73 Å². The molecule has 0 saturated carbocycles. The van der Waals surface area contributed by atoms with Crippen molar-refractivity contribution < 1.29 is 10.9 Å². The van der Waals surface area contributed by atoms with Crippen LogP contribution in [0.1, 0.15) is 11.1 Å². The minimum Gasteiger partial charge on any atom is -0.497 e. The Kier molecular flexibility index (Phi) is 4.53. The largest absolute Gasteiger partial charge is 0.497 e. The highest BCUT2D eigenvalue weighted by molar-refractivity contribution is 5.29. The molecule has 2 aromatic carbocycles. The lowest BCUT2D eigenvalue weighted by molar-refractivity contribution is 0.414. The van der Waals surface area contributed by atoms with Crippen LogP contribution in [0.15, 0.2) is 48.5 Å². The summed E-state index contributed by atoms with van der Waals surface area (Å²) in [5.41, 5.74) is 5.02. The van der Waals surface area contributed by atoms with Gasteiger partial charge in [0, 0.05) is 6.04 Å². The second-order valence-corrected chi connectivity index (χ2v) is 4.80. The van der Waals surface area contributed by atoms with E-state index in [1.54, 1.807) is 14.2 Å². The zero-order valence-corrected chi connectivity index (χ0v) is 11.9. The molecule has 0 aromatic heterocycles. The number of nitrogens with two attached hydrogens (primary N) is 1. The first kappa shape index (κ1) is 13.0. The van der Waals surface area contributed by atoms with Crippen LogP contribution >= 0.6 is 0 Å². The molecule has 0 atom stereocenters. The smallest absolute Gasteiger partial charge is 0.119 e. The Morgan fingerprint density at radius 2 is 1.25 bits per heavy atom. The van der Waals surface area contributed by atoms with Gasteiger partial charge in [0.05, 0.1) is 14.2 Å². The van der Waals surface area contributed by atoms with Crippen molar-refractivity contribution in [3.05, 3.63) is 59.7 Å². The van der Waals surface area contributed by atoms with Gasteiger partial charge in [0.1, 0.15) is 12.9 Å². The molecule has 3 heteroatoms. The molecule has 2 rings (SSSR count). The number of ether oxygens (including phenoxy) is 2. The molecule has 0 aliphatic rings. The highest BCUT2D eigenvalue weighted by Crippen LogP contribution is 2.15. The molecule has 0 aliphatic heterocycles. The van der Waals surface area contributed by atoms with Gasteiger partial charge in [0.25, 0.3) is 0 Å². The standard InChI is InChI=1S/C17H21NO2/c1-19-16-7-3-13(4-8-16)11-15(18)12-14-5-9-17(20-2)10-6-14/h3-10,15H,11-12,18H2,1-2H3/i/hD. The van der Waals surface area contributed by atoms with E-state index < -0.39 is 0 Å². The van der Waals surface area contributed by atoms with E-state index in [4.69, 9.17) is 10.9 Å². The van der Waals surface area contributed by atoms with E-state index in [-0.39, 0.29) is 6.04 Å². The van der Waals surface area contributed by atoms with Crippen LogP contribution in [0.5, 0.6) is 11.5 Å². The minimum absolute atomic E-state index is 0.0757. The quantitative estimate of drug-likeness (QED) is 0.843. The monoisotopic (exact) mass is 272 g/mol. The highest BCUT2D eigenvalue weighted by atomic mass is 16.5. The maximum atomic E-state index is 7.52. The number of benzene rings is 2. The predicted octanol–water partition coefficient (Wildman–Crippen LogP) is 2.82. The van der Waals surface area contributed by atoms with Crippen LogP contribution in [0.2, 0.25) is 1.41 Å². The van der Waals surface area contributed by atoms with Crippen LogP contribution in [-0.4, -0.2) is 20.3 Å². The number of hydrogen-bond acceptors (Lipinski definition) is 3. The number of rotatable bonds is 7. The Labute approximate surface area is 121 Å². The Bertz CT molecular complexity index is 490. The van der Waals surface area contributed by atoms with E-state index in [0.717, 1.165) is 24.3 Å². The SMILES string of the molecule is [2H]NC(Cc1ccc(OC)cc1)Cc1ccc(OC)cc1. The third-order valence-electron chi connectivity index (χ3n) is 3.28. The lowest BCUT2D eigenvalue weighted by atomic mass is 10.00.